The summed E-state index contributed by atoms with van der Waals surface area (Å²) in [4.78, 5) is 8.69. The Morgan fingerprint density at radius 1 is 1.46 bits per heavy atom. The minimum Gasteiger partial charge on any atom is -0.325 e. The van der Waals surface area contributed by atoms with E-state index < -0.39 is 0 Å². The Bertz CT molecular complexity index is 305. The van der Waals surface area contributed by atoms with Gasteiger partial charge in [-0.3, -0.25) is 0 Å². The number of hydrogen-bond donors (Lipinski definition) is 1. The molecule has 1 fully saturated rings. The van der Waals surface area contributed by atoms with Crippen molar-refractivity contribution in [2.75, 3.05) is 0 Å². The largest absolute Gasteiger partial charge is 0.325 e. The lowest BCUT2D eigenvalue weighted by molar-refractivity contribution is 0.409. The Labute approximate surface area is 78.4 Å². The number of rotatable bonds is 2. The second-order valence-electron chi connectivity index (χ2n) is 3.66. The fourth-order valence-corrected chi connectivity index (χ4v) is 1.67. The van der Waals surface area contributed by atoms with Crippen molar-refractivity contribution in [2.45, 2.75) is 38.6 Å². The summed E-state index contributed by atoms with van der Waals surface area (Å²) >= 11 is 0. The van der Waals surface area contributed by atoms with Gasteiger partial charge < -0.3 is 5.73 Å². The molecule has 2 rings (SSSR count). The van der Waals surface area contributed by atoms with E-state index in [0.717, 1.165) is 11.5 Å². The number of aromatic nitrogens is 2. The first kappa shape index (κ1) is 8.63. The monoisotopic (exact) mass is 177 g/mol. The molecule has 0 saturated heterocycles. The lowest BCUT2D eigenvalue weighted by Crippen LogP contribution is -2.13. The van der Waals surface area contributed by atoms with Crippen LogP contribution in [0.15, 0.2) is 6.07 Å². The van der Waals surface area contributed by atoms with Gasteiger partial charge in [0, 0.05) is 18.2 Å². The molecule has 0 atom stereocenters. The first-order chi connectivity index (χ1) is 6.29. The van der Waals surface area contributed by atoms with E-state index in [2.05, 4.69) is 16.0 Å². The van der Waals surface area contributed by atoms with E-state index in [0.29, 0.717) is 12.5 Å². The maximum absolute atomic E-state index is 5.56. The van der Waals surface area contributed by atoms with Crippen molar-refractivity contribution >= 4 is 0 Å². The summed E-state index contributed by atoms with van der Waals surface area (Å²) in [6.45, 7) is 2.45. The van der Waals surface area contributed by atoms with Crippen molar-refractivity contribution < 1.29 is 0 Å². The van der Waals surface area contributed by atoms with Gasteiger partial charge in [0.2, 0.25) is 0 Å². The predicted molar refractivity (Wildman–Crippen MR) is 51.3 cm³/mol. The topological polar surface area (TPSA) is 51.8 Å². The lowest BCUT2D eigenvalue weighted by atomic mass is 9.82. The highest BCUT2D eigenvalue weighted by Gasteiger charge is 2.21. The lowest BCUT2D eigenvalue weighted by Gasteiger charge is -2.25. The zero-order valence-electron chi connectivity index (χ0n) is 7.95. The van der Waals surface area contributed by atoms with Crippen molar-refractivity contribution in [1.29, 1.82) is 0 Å². The molecule has 0 spiro atoms. The van der Waals surface area contributed by atoms with Gasteiger partial charge in [-0.1, -0.05) is 6.42 Å². The van der Waals surface area contributed by atoms with Gasteiger partial charge in [0.05, 0.1) is 5.69 Å². The predicted octanol–water partition coefficient (Wildman–Crippen LogP) is 1.51. The maximum atomic E-state index is 5.56. The van der Waals surface area contributed by atoms with Gasteiger partial charge in [-0.05, 0) is 25.8 Å². The molecule has 2 N–H and O–H groups in total. The fraction of sp³-hybridized carbons (Fsp3) is 0.600. The van der Waals surface area contributed by atoms with Gasteiger partial charge in [-0.25, -0.2) is 9.97 Å². The Hall–Kier alpha value is -0.960. The van der Waals surface area contributed by atoms with Crippen LogP contribution in [-0.2, 0) is 6.54 Å². The van der Waals surface area contributed by atoms with Crippen LogP contribution in [0, 0.1) is 6.92 Å². The summed E-state index contributed by atoms with van der Waals surface area (Å²) in [5.41, 5.74) is 7.72. The van der Waals surface area contributed by atoms with Crippen LogP contribution in [0.5, 0.6) is 0 Å². The maximum Gasteiger partial charge on any atom is 0.125 e. The fourth-order valence-electron chi connectivity index (χ4n) is 1.67. The molecule has 0 amide bonds. The van der Waals surface area contributed by atoms with Crippen molar-refractivity contribution in [3.8, 4) is 0 Å². The Morgan fingerprint density at radius 3 is 2.77 bits per heavy atom. The van der Waals surface area contributed by atoms with Gasteiger partial charge in [-0.2, -0.15) is 0 Å². The molecule has 70 valence electrons. The van der Waals surface area contributed by atoms with E-state index >= 15 is 0 Å². The summed E-state index contributed by atoms with van der Waals surface area (Å²) in [5.74, 6) is 1.52. The normalized spacial score (nSPS) is 17.1. The molecule has 0 unspecified atom stereocenters. The highest BCUT2D eigenvalue weighted by molar-refractivity contribution is 5.16. The van der Waals surface area contributed by atoms with Gasteiger partial charge in [0.1, 0.15) is 5.82 Å². The number of nitrogens with zero attached hydrogens (tertiary/aromatic N) is 2. The van der Waals surface area contributed by atoms with Crippen LogP contribution in [0.1, 0.15) is 42.4 Å². The van der Waals surface area contributed by atoms with Crippen LogP contribution in [0.3, 0.4) is 0 Å². The van der Waals surface area contributed by atoms with Crippen molar-refractivity contribution in [3.63, 3.8) is 0 Å². The van der Waals surface area contributed by atoms with E-state index in [1.54, 1.807) is 0 Å². The van der Waals surface area contributed by atoms with Gasteiger partial charge >= 0.3 is 0 Å². The van der Waals surface area contributed by atoms with Crippen molar-refractivity contribution in [1.82, 2.24) is 9.97 Å². The van der Waals surface area contributed by atoms with E-state index in [1.807, 2.05) is 6.92 Å². The molecule has 1 aliphatic carbocycles. The van der Waals surface area contributed by atoms with Crippen LogP contribution in [-0.4, -0.2) is 9.97 Å². The van der Waals surface area contributed by atoms with Crippen LogP contribution < -0.4 is 5.73 Å². The average molecular weight is 177 g/mol. The molecule has 0 aromatic carbocycles. The van der Waals surface area contributed by atoms with Gasteiger partial charge in [-0.15, -0.1) is 0 Å². The third-order valence-electron chi connectivity index (χ3n) is 2.64. The average Bonchev–Trinajstić information content (AvgIpc) is 2.00. The molecular formula is C10H15N3. The molecule has 0 radical (unpaired) electrons. The zero-order valence-corrected chi connectivity index (χ0v) is 7.95. The van der Waals surface area contributed by atoms with E-state index in [-0.39, 0.29) is 0 Å². The summed E-state index contributed by atoms with van der Waals surface area (Å²) < 4.78 is 0. The molecule has 1 aromatic rings. The first-order valence-corrected chi connectivity index (χ1v) is 4.84. The summed E-state index contributed by atoms with van der Waals surface area (Å²) in [7, 11) is 0. The molecule has 1 heterocycles. The Balaban J connectivity index is 2.28. The molecule has 1 saturated carbocycles. The van der Waals surface area contributed by atoms with Gasteiger partial charge in [0.25, 0.3) is 0 Å². The number of nitrogens with two attached hydrogens (primary N) is 1. The molecular weight excluding hydrogens is 162 g/mol. The van der Waals surface area contributed by atoms with Crippen molar-refractivity contribution in [3.05, 3.63) is 23.3 Å². The third-order valence-corrected chi connectivity index (χ3v) is 2.64. The molecule has 3 nitrogen and oxygen atoms in total. The molecule has 0 aliphatic heterocycles. The molecule has 13 heavy (non-hydrogen) atoms. The first-order valence-electron chi connectivity index (χ1n) is 4.84. The molecule has 1 aliphatic rings. The Kier molecular flexibility index (Phi) is 2.27. The van der Waals surface area contributed by atoms with Crippen LogP contribution >= 0.6 is 0 Å². The summed E-state index contributed by atoms with van der Waals surface area (Å²) in [6.07, 6.45) is 3.90. The zero-order chi connectivity index (χ0) is 9.26. The summed E-state index contributed by atoms with van der Waals surface area (Å²) in [5, 5.41) is 0. The van der Waals surface area contributed by atoms with Crippen molar-refractivity contribution in [2.24, 2.45) is 5.73 Å². The van der Waals surface area contributed by atoms with Crippen LogP contribution in [0.4, 0.5) is 0 Å². The number of hydrogen-bond acceptors (Lipinski definition) is 3. The van der Waals surface area contributed by atoms with E-state index in [4.69, 9.17) is 5.73 Å². The van der Waals surface area contributed by atoms with E-state index in [9.17, 15) is 0 Å². The molecule has 0 bridgehead atoms. The third kappa shape index (κ3) is 1.70. The highest BCUT2D eigenvalue weighted by atomic mass is 14.9. The van der Waals surface area contributed by atoms with Crippen LogP contribution in [0.2, 0.25) is 0 Å². The van der Waals surface area contributed by atoms with Crippen LogP contribution in [0.25, 0.3) is 0 Å². The second kappa shape index (κ2) is 3.42. The minimum absolute atomic E-state index is 0.517. The Morgan fingerprint density at radius 2 is 2.23 bits per heavy atom. The van der Waals surface area contributed by atoms with Gasteiger partial charge in [0.15, 0.2) is 0 Å². The van der Waals surface area contributed by atoms with E-state index in [1.165, 1.54) is 25.0 Å². The SMILES string of the molecule is Cc1nc(CN)cc(C2CCC2)n1. The minimum atomic E-state index is 0.517. The smallest absolute Gasteiger partial charge is 0.125 e. The highest BCUT2D eigenvalue weighted by Crippen LogP contribution is 2.35. The molecule has 3 heteroatoms. The quantitative estimate of drug-likeness (QED) is 0.745. The molecule has 1 aromatic heterocycles. The summed E-state index contributed by atoms with van der Waals surface area (Å²) in [6, 6.07) is 2.05. The number of aryl methyl sites for hydroxylation is 1. The second-order valence-corrected chi connectivity index (χ2v) is 3.66. The standard InChI is InChI=1S/C10H15N3/c1-7-12-9(6-11)5-10(13-7)8-3-2-4-8/h5,8H,2-4,6,11H2,1H3.